The van der Waals surface area contributed by atoms with Gasteiger partial charge >= 0.3 is 23.9 Å². The predicted molar refractivity (Wildman–Crippen MR) is 176 cm³/mol. The summed E-state index contributed by atoms with van der Waals surface area (Å²) in [5.74, 6) is -2.21. The van der Waals surface area contributed by atoms with Crippen LogP contribution in [0, 0.1) is 0 Å². The minimum atomic E-state index is -1.00. The molecule has 2 rings (SSSR count). The number of carboxylic acids is 2. The molecule has 0 unspecified atom stereocenters. The zero-order valence-electron chi connectivity index (χ0n) is 28.8. The van der Waals surface area contributed by atoms with Crippen LogP contribution in [0.5, 0.6) is 5.75 Å². The first-order chi connectivity index (χ1) is 23.1. The first kappa shape index (κ1) is 40.8. The van der Waals surface area contributed by atoms with Gasteiger partial charge in [-0.05, 0) is 44.9 Å². The fourth-order valence-electron chi connectivity index (χ4n) is 5.48. The molecule has 1 aromatic carbocycles. The Morgan fingerprint density at radius 1 is 0.688 bits per heavy atom. The summed E-state index contributed by atoms with van der Waals surface area (Å²) in [4.78, 5) is 57.4. The van der Waals surface area contributed by atoms with Gasteiger partial charge in [0.15, 0.2) is 0 Å². The molecule has 1 aromatic rings. The molecule has 2 atom stereocenters. The Bertz CT molecular complexity index is 1080. The van der Waals surface area contributed by atoms with E-state index in [0.717, 1.165) is 5.56 Å². The van der Waals surface area contributed by atoms with Crippen molar-refractivity contribution in [1.82, 2.24) is 19.6 Å². The number of carboxylic acid groups (broad SMARTS) is 2. The normalized spacial score (nSPS) is 17.4. The maximum absolute atomic E-state index is 13.4. The molecule has 0 aromatic heterocycles. The van der Waals surface area contributed by atoms with E-state index in [2.05, 4.69) is 0 Å². The summed E-state index contributed by atoms with van der Waals surface area (Å²) in [6.45, 7) is 9.27. The topological polar surface area (TPSA) is 168 Å². The van der Waals surface area contributed by atoms with E-state index >= 15 is 0 Å². The molecule has 0 radical (unpaired) electrons. The summed E-state index contributed by atoms with van der Waals surface area (Å²) < 4.78 is 27.2. The van der Waals surface area contributed by atoms with E-state index in [1.165, 1.54) is 7.11 Å². The maximum Gasteiger partial charge on any atom is 0.325 e. The molecule has 1 saturated heterocycles. The second-order valence-electron chi connectivity index (χ2n) is 11.3. The summed E-state index contributed by atoms with van der Waals surface area (Å²) in [5, 5.41) is 19.4. The highest BCUT2D eigenvalue weighted by molar-refractivity contribution is 5.76. The van der Waals surface area contributed by atoms with Gasteiger partial charge in [-0.2, -0.15) is 0 Å². The number of ether oxygens (including phenoxy) is 5. The molecule has 0 saturated carbocycles. The summed E-state index contributed by atoms with van der Waals surface area (Å²) in [6, 6.07) is 6.00. The maximum atomic E-state index is 13.4. The number of carbonyl (C=O) groups excluding carboxylic acids is 2. The number of methoxy groups -OCH3 is 1. The van der Waals surface area contributed by atoms with Gasteiger partial charge in [0.2, 0.25) is 0 Å². The lowest BCUT2D eigenvalue weighted by Crippen LogP contribution is -2.54. The smallest absolute Gasteiger partial charge is 0.325 e. The summed E-state index contributed by atoms with van der Waals surface area (Å²) in [6.07, 6.45) is 0.321. The number of carbonyl (C=O) groups is 4. The lowest BCUT2D eigenvalue weighted by Gasteiger charge is -2.37. The van der Waals surface area contributed by atoms with E-state index in [1.54, 1.807) is 23.6 Å². The van der Waals surface area contributed by atoms with Crippen LogP contribution in [0.2, 0.25) is 0 Å². The molecule has 15 nitrogen and oxygen atoms in total. The fraction of sp³-hybridized carbons (Fsp3) is 0.697. The number of hydrogen-bond acceptors (Lipinski definition) is 13. The number of esters is 2. The third kappa shape index (κ3) is 15.3. The van der Waals surface area contributed by atoms with Crippen LogP contribution in [0.4, 0.5) is 0 Å². The minimum absolute atomic E-state index is 0.0616. The van der Waals surface area contributed by atoms with Crippen molar-refractivity contribution < 1.29 is 53.1 Å². The van der Waals surface area contributed by atoms with Crippen LogP contribution in [-0.2, 0) is 44.5 Å². The second-order valence-corrected chi connectivity index (χ2v) is 11.3. The molecule has 48 heavy (non-hydrogen) atoms. The number of hydrogen-bond donors (Lipinski definition) is 2. The molecule has 2 N–H and O–H groups in total. The van der Waals surface area contributed by atoms with Crippen LogP contribution in [0.3, 0.4) is 0 Å². The van der Waals surface area contributed by atoms with Gasteiger partial charge in [0.05, 0.1) is 39.5 Å². The van der Waals surface area contributed by atoms with Gasteiger partial charge in [-0.1, -0.05) is 12.1 Å². The fourth-order valence-corrected chi connectivity index (χ4v) is 5.48. The second kappa shape index (κ2) is 23.1. The van der Waals surface area contributed by atoms with E-state index in [9.17, 15) is 29.4 Å². The number of nitrogens with zero attached hydrogens (tertiary/aromatic N) is 4. The highest BCUT2D eigenvalue weighted by atomic mass is 16.5. The number of benzene rings is 1. The molecule has 272 valence electrons. The summed E-state index contributed by atoms with van der Waals surface area (Å²) >= 11 is 0. The molecule has 0 amide bonds. The molecule has 1 aliphatic rings. The highest BCUT2D eigenvalue weighted by Crippen LogP contribution is 2.17. The average molecular weight is 683 g/mol. The summed E-state index contributed by atoms with van der Waals surface area (Å²) in [7, 11) is 1.48. The molecule has 0 spiro atoms. The van der Waals surface area contributed by atoms with Crippen molar-refractivity contribution in [3.8, 4) is 5.75 Å². The first-order valence-electron chi connectivity index (χ1n) is 16.6. The average Bonchev–Trinajstić information content (AvgIpc) is 3.04. The van der Waals surface area contributed by atoms with Gasteiger partial charge in [-0.15, -0.1) is 0 Å². The lowest BCUT2D eigenvalue weighted by atomic mass is 10.0. The van der Waals surface area contributed by atoms with Crippen molar-refractivity contribution in [1.29, 1.82) is 0 Å². The van der Waals surface area contributed by atoms with Crippen LogP contribution in [0.1, 0.15) is 26.3 Å². The molecular weight excluding hydrogens is 628 g/mol. The van der Waals surface area contributed by atoms with E-state index in [1.807, 2.05) is 41.0 Å². The third-order valence-electron chi connectivity index (χ3n) is 7.91. The Kier molecular flexibility index (Phi) is 19.6. The Morgan fingerprint density at radius 2 is 1.17 bits per heavy atom. The molecule has 1 heterocycles. The van der Waals surface area contributed by atoms with Gasteiger partial charge < -0.3 is 33.9 Å². The van der Waals surface area contributed by atoms with Gasteiger partial charge in [0.1, 0.15) is 24.4 Å². The molecule has 1 fully saturated rings. The zero-order valence-corrected chi connectivity index (χ0v) is 28.8. The largest absolute Gasteiger partial charge is 0.491 e. The highest BCUT2D eigenvalue weighted by Gasteiger charge is 2.32. The first-order valence-corrected chi connectivity index (χ1v) is 16.6. The van der Waals surface area contributed by atoms with Crippen LogP contribution in [-0.4, -0.2) is 178 Å². The zero-order chi connectivity index (χ0) is 35.3. The number of aliphatic carboxylic acids is 2. The van der Waals surface area contributed by atoms with Crippen LogP contribution in [0.25, 0.3) is 0 Å². The Balaban J connectivity index is 2.37. The van der Waals surface area contributed by atoms with Crippen molar-refractivity contribution in [2.24, 2.45) is 0 Å². The minimum Gasteiger partial charge on any atom is -0.491 e. The molecule has 15 heteroatoms. The monoisotopic (exact) mass is 682 g/mol. The molecule has 0 aliphatic carbocycles. The number of rotatable bonds is 19. The van der Waals surface area contributed by atoms with E-state index in [4.69, 9.17) is 23.7 Å². The van der Waals surface area contributed by atoms with Gasteiger partial charge in [0, 0.05) is 66.1 Å². The van der Waals surface area contributed by atoms with Crippen molar-refractivity contribution in [2.45, 2.75) is 39.3 Å². The standard InChI is InChI=1S/C33H54N4O11/c1-5-45-20-21-48-27-10-8-26(9-11-27)22-28(32(42)46-6-2)36-16-12-34(23-30(38)39)14-18-37(29(25-44-4)33(43)47-7-3)19-15-35(13-17-36)24-31(40)41/h8-11,28-29H,5-7,12-25H2,1-4H3,(H,38,39)(H,40,41)/t28-,29+/m1/s1. The predicted octanol–water partition coefficient (Wildman–Crippen LogP) is 0.545. The quantitative estimate of drug-likeness (QED) is 0.153. The molecular formula is C33H54N4O11. The van der Waals surface area contributed by atoms with Gasteiger partial charge in [0.25, 0.3) is 0 Å². The van der Waals surface area contributed by atoms with Crippen molar-refractivity contribution in [2.75, 3.05) is 112 Å². The van der Waals surface area contributed by atoms with Crippen molar-refractivity contribution >= 4 is 23.9 Å². The molecule has 1 aliphatic heterocycles. The SMILES string of the molecule is CCOCCOc1ccc(C[C@H](C(=O)OCC)N2CCN(CC(=O)O)CCN([C@@H](COC)C(=O)OCC)CCN(CC(=O)O)CC2)cc1. The van der Waals surface area contributed by atoms with Crippen molar-refractivity contribution in [3.63, 3.8) is 0 Å². The van der Waals surface area contributed by atoms with E-state index < -0.39 is 36.0 Å². The Morgan fingerprint density at radius 3 is 1.60 bits per heavy atom. The summed E-state index contributed by atoms with van der Waals surface area (Å²) in [5.41, 5.74) is 0.875. The van der Waals surface area contributed by atoms with Crippen molar-refractivity contribution in [3.05, 3.63) is 29.8 Å². The van der Waals surface area contributed by atoms with Gasteiger partial charge in [-0.3, -0.25) is 38.8 Å². The molecule has 0 bridgehead atoms. The van der Waals surface area contributed by atoms with Crippen LogP contribution >= 0.6 is 0 Å². The van der Waals surface area contributed by atoms with Gasteiger partial charge in [-0.25, -0.2) is 0 Å². The Labute approximate surface area is 283 Å². The van der Waals surface area contributed by atoms with Crippen LogP contribution in [0.15, 0.2) is 24.3 Å². The van der Waals surface area contributed by atoms with E-state index in [0.29, 0.717) is 84.3 Å². The third-order valence-corrected chi connectivity index (χ3v) is 7.91. The van der Waals surface area contributed by atoms with E-state index in [-0.39, 0.29) is 32.9 Å². The Hall–Kier alpha value is -3.34. The van der Waals surface area contributed by atoms with Crippen LogP contribution < -0.4 is 4.74 Å². The lowest BCUT2D eigenvalue weighted by molar-refractivity contribution is -0.152.